The van der Waals surface area contributed by atoms with E-state index in [0.717, 1.165) is 20.8 Å². The predicted molar refractivity (Wildman–Crippen MR) is 85.1 cm³/mol. The van der Waals surface area contributed by atoms with E-state index in [9.17, 15) is 19.2 Å². The van der Waals surface area contributed by atoms with Gasteiger partial charge in [-0.15, -0.1) is 10.2 Å². The lowest BCUT2D eigenvalue weighted by Crippen LogP contribution is -2.59. The number of H-pyrrole nitrogens is 1. The van der Waals surface area contributed by atoms with Crippen molar-refractivity contribution in [2.45, 2.75) is 58.2 Å². The third kappa shape index (κ3) is 5.45. The van der Waals surface area contributed by atoms with Crippen molar-refractivity contribution in [3.8, 4) is 0 Å². The van der Waals surface area contributed by atoms with Crippen LogP contribution in [0.25, 0.3) is 0 Å². The molecular formula is C15H20N4O9. The van der Waals surface area contributed by atoms with Gasteiger partial charge < -0.3 is 23.7 Å². The molecule has 1 aliphatic rings. The van der Waals surface area contributed by atoms with Gasteiger partial charge in [0.25, 0.3) is 0 Å². The van der Waals surface area contributed by atoms with Crippen molar-refractivity contribution < 1.29 is 42.9 Å². The number of hydrogen-bond acceptors (Lipinski definition) is 12. The topological polar surface area (TPSA) is 169 Å². The number of aromatic nitrogens is 4. The van der Waals surface area contributed by atoms with Crippen molar-refractivity contribution in [3.05, 3.63) is 5.82 Å². The maximum absolute atomic E-state index is 11.7. The number of carbonyl (C=O) groups is 4. The Bertz CT molecular complexity index is 723. The molecule has 0 saturated carbocycles. The monoisotopic (exact) mass is 400 g/mol. The molecule has 2 heterocycles. The minimum Gasteiger partial charge on any atom is -0.463 e. The summed E-state index contributed by atoms with van der Waals surface area (Å²) < 4.78 is 26.6. The van der Waals surface area contributed by atoms with E-state index in [1.807, 2.05) is 0 Å². The molecule has 1 aliphatic heterocycles. The lowest BCUT2D eigenvalue weighted by Gasteiger charge is -2.43. The standard InChI is InChI=1S/C15H20N4O9/c1-6(20)24-5-10-11(25-7(2)21)12(26-8(3)22)13(27-9(4)23)14(28-10)15-16-18-19-17-15/h10-14H,5H2,1-4H3,(H,16,17,18,19)/t10-,11-,12+,13-,14-/m0/s1. The van der Waals surface area contributed by atoms with Crippen molar-refractivity contribution in [3.63, 3.8) is 0 Å². The number of hydrogen-bond donors (Lipinski definition) is 1. The van der Waals surface area contributed by atoms with Crippen LogP contribution in [0.5, 0.6) is 0 Å². The zero-order chi connectivity index (χ0) is 20.8. The lowest BCUT2D eigenvalue weighted by molar-refractivity contribution is -0.255. The third-order valence-electron chi connectivity index (χ3n) is 3.61. The fourth-order valence-corrected chi connectivity index (χ4v) is 2.73. The molecule has 0 aromatic carbocycles. The Balaban J connectivity index is 2.45. The van der Waals surface area contributed by atoms with Crippen LogP contribution in [0.15, 0.2) is 0 Å². The van der Waals surface area contributed by atoms with Gasteiger partial charge in [0, 0.05) is 27.7 Å². The van der Waals surface area contributed by atoms with Crippen LogP contribution in [0, 0.1) is 0 Å². The molecule has 1 aromatic rings. The molecule has 154 valence electrons. The third-order valence-corrected chi connectivity index (χ3v) is 3.61. The Morgan fingerprint density at radius 1 is 0.893 bits per heavy atom. The van der Waals surface area contributed by atoms with Crippen LogP contribution in [0.3, 0.4) is 0 Å². The highest BCUT2D eigenvalue weighted by Gasteiger charge is 2.53. The fourth-order valence-electron chi connectivity index (χ4n) is 2.73. The van der Waals surface area contributed by atoms with Crippen molar-refractivity contribution in [1.82, 2.24) is 20.6 Å². The molecule has 1 aromatic heterocycles. The van der Waals surface area contributed by atoms with Gasteiger partial charge in [0.05, 0.1) is 0 Å². The van der Waals surface area contributed by atoms with Crippen molar-refractivity contribution >= 4 is 23.9 Å². The summed E-state index contributed by atoms with van der Waals surface area (Å²) in [6, 6.07) is 0. The van der Waals surface area contributed by atoms with E-state index < -0.39 is 54.4 Å². The van der Waals surface area contributed by atoms with Gasteiger partial charge in [0.15, 0.2) is 24.4 Å². The zero-order valence-corrected chi connectivity index (χ0v) is 15.6. The largest absolute Gasteiger partial charge is 0.463 e. The first-order valence-electron chi connectivity index (χ1n) is 8.22. The minimum absolute atomic E-state index is 0.00231. The summed E-state index contributed by atoms with van der Waals surface area (Å²) in [6.45, 7) is 4.27. The van der Waals surface area contributed by atoms with Gasteiger partial charge in [0.1, 0.15) is 12.7 Å². The van der Waals surface area contributed by atoms with Crippen LogP contribution in [0.4, 0.5) is 0 Å². The van der Waals surface area contributed by atoms with E-state index in [1.54, 1.807) is 0 Å². The SMILES string of the molecule is CC(=O)OC[C@@H]1O[C@H](c2nn[nH]n2)[C@@H](OC(C)=O)[C@H](OC(C)=O)[C@H]1OC(C)=O. The van der Waals surface area contributed by atoms with Gasteiger partial charge in [-0.1, -0.05) is 5.21 Å². The molecule has 0 unspecified atom stereocenters. The van der Waals surface area contributed by atoms with E-state index in [1.165, 1.54) is 6.92 Å². The van der Waals surface area contributed by atoms with Gasteiger partial charge >= 0.3 is 23.9 Å². The Labute approximate surface area is 159 Å². The molecule has 13 heteroatoms. The highest BCUT2D eigenvalue weighted by Crippen LogP contribution is 2.36. The van der Waals surface area contributed by atoms with Crippen LogP contribution >= 0.6 is 0 Å². The van der Waals surface area contributed by atoms with Gasteiger partial charge in [-0.05, 0) is 0 Å². The maximum atomic E-state index is 11.7. The second-order valence-corrected chi connectivity index (χ2v) is 5.89. The smallest absolute Gasteiger partial charge is 0.303 e. The van der Waals surface area contributed by atoms with Crippen LogP contribution in [0.1, 0.15) is 39.6 Å². The average Bonchev–Trinajstić information content (AvgIpc) is 3.09. The number of esters is 4. The van der Waals surface area contributed by atoms with Gasteiger partial charge in [-0.2, -0.15) is 5.21 Å². The molecule has 0 aliphatic carbocycles. The minimum atomic E-state index is -1.27. The number of tetrazole rings is 1. The quantitative estimate of drug-likeness (QED) is 0.457. The predicted octanol–water partition coefficient (Wildman–Crippen LogP) is -1.00. The number of ether oxygens (including phenoxy) is 5. The van der Waals surface area contributed by atoms with Crippen LogP contribution in [-0.2, 0) is 42.9 Å². The second kappa shape index (κ2) is 9.21. The first-order valence-corrected chi connectivity index (χ1v) is 8.22. The van der Waals surface area contributed by atoms with Crippen molar-refractivity contribution in [2.75, 3.05) is 6.61 Å². The Morgan fingerprint density at radius 3 is 1.96 bits per heavy atom. The summed E-state index contributed by atoms with van der Waals surface area (Å²) in [4.78, 5) is 46.1. The van der Waals surface area contributed by atoms with Crippen LogP contribution in [0.2, 0.25) is 0 Å². The zero-order valence-electron chi connectivity index (χ0n) is 15.6. The summed E-state index contributed by atoms with van der Waals surface area (Å²) in [5, 5.41) is 13.3. The van der Waals surface area contributed by atoms with E-state index in [0.29, 0.717) is 0 Å². The Morgan fingerprint density at radius 2 is 1.46 bits per heavy atom. The molecular weight excluding hydrogens is 380 g/mol. The molecule has 13 nitrogen and oxygen atoms in total. The van der Waals surface area contributed by atoms with E-state index in [2.05, 4.69) is 20.6 Å². The Hall–Kier alpha value is -3.09. The highest BCUT2D eigenvalue weighted by molar-refractivity contribution is 5.68. The molecule has 0 amide bonds. The molecule has 1 fully saturated rings. The molecule has 2 rings (SSSR count). The van der Waals surface area contributed by atoms with Crippen LogP contribution in [-0.4, -0.2) is 75.5 Å². The van der Waals surface area contributed by atoms with Gasteiger partial charge in [-0.3, -0.25) is 19.2 Å². The number of nitrogens with one attached hydrogen (secondary N) is 1. The summed E-state index contributed by atoms with van der Waals surface area (Å²) in [5.74, 6) is -2.75. The second-order valence-electron chi connectivity index (χ2n) is 5.89. The van der Waals surface area contributed by atoms with E-state index in [-0.39, 0.29) is 12.4 Å². The van der Waals surface area contributed by atoms with E-state index >= 15 is 0 Å². The molecule has 28 heavy (non-hydrogen) atoms. The normalized spacial score (nSPS) is 26.8. The highest BCUT2D eigenvalue weighted by atomic mass is 16.7. The fraction of sp³-hybridized carbons (Fsp3) is 0.667. The van der Waals surface area contributed by atoms with Crippen LogP contribution < -0.4 is 0 Å². The number of aromatic amines is 1. The van der Waals surface area contributed by atoms with Crippen molar-refractivity contribution in [1.29, 1.82) is 0 Å². The van der Waals surface area contributed by atoms with E-state index in [4.69, 9.17) is 23.7 Å². The summed E-state index contributed by atoms with van der Waals surface area (Å²) in [5.41, 5.74) is 0. The maximum Gasteiger partial charge on any atom is 0.303 e. The summed E-state index contributed by atoms with van der Waals surface area (Å²) >= 11 is 0. The molecule has 0 radical (unpaired) electrons. The molecule has 0 spiro atoms. The first-order chi connectivity index (χ1) is 13.2. The summed E-state index contributed by atoms with van der Waals surface area (Å²) in [7, 11) is 0. The number of nitrogens with zero attached hydrogens (tertiary/aromatic N) is 3. The molecule has 1 N–H and O–H groups in total. The lowest BCUT2D eigenvalue weighted by atomic mass is 9.93. The number of carbonyl (C=O) groups excluding carboxylic acids is 4. The average molecular weight is 400 g/mol. The van der Waals surface area contributed by atoms with Gasteiger partial charge in [-0.25, -0.2) is 0 Å². The Kier molecular flexibility index (Phi) is 6.98. The summed E-state index contributed by atoms with van der Waals surface area (Å²) in [6.07, 6.45) is -5.96. The molecule has 0 bridgehead atoms. The molecule has 1 saturated heterocycles. The first kappa shape index (κ1) is 21.2. The van der Waals surface area contributed by atoms with Gasteiger partial charge in [0.2, 0.25) is 5.82 Å². The van der Waals surface area contributed by atoms with Crippen molar-refractivity contribution in [2.24, 2.45) is 0 Å². The molecule has 5 atom stereocenters. The number of rotatable bonds is 6.